The van der Waals surface area contributed by atoms with E-state index in [2.05, 4.69) is 9.71 Å². The van der Waals surface area contributed by atoms with Gasteiger partial charge in [-0.15, -0.1) is 0 Å². The van der Waals surface area contributed by atoms with Crippen LogP contribution in [0.15, 0.2) is 17.2 Å². The second-order valence-corrected chi connectivity index (χ2v) is 6.02. The predicted molar refractivity (Wildman–Crippen MR) is 65.1 cm³/mol. The molecule has 6 nitrogen and oxygen atoms in total. The van der Waals surface area contributed by atoms with E-state index in [9.17, 15) is 8.42 Å². The number of hydrogen-bond donors (Lipinski definition) is 3. The number of nitrogens with one attached hydrogen (secondary N) is 2. The molecule has 0 radical (unpaired) electrons. The van der Waals surface area contributed by atoms with Gasteiger partial charge in [0.2, 0.25) is 10.0 Å². The van der Waals surface area contributed by atoms with E-state index in [0.717, 1.165) is 0 Å². The molecule has 1 aromatic heterocycles. The van der Waals surface area contributed by atoms with E-state index in [0.29, 0.717) is 12.2 Å². The molecule has 0 saturated heterocycles. The molecule has 0 amide bonds. The molecular weight excluding hydrogens is 242 g/mol. The summed E-state index contributed by atoms with van der Waals surface area (Å²) in [5.74, 6) is 0. The lowest BCUT2D eigenvalue weighted by atomic mass is 10.3. The molecule has 1 rings (SSSR count). The van der Waals surface area contributed by atoms with Crippen molar-refractivity contribution in [1.82, 2.24) is 14.6 Å². The van der Waals surface area contributed by atoms with Crippen LogP contribution < -0.4 is 4.72 Å². The average molecular weight is 261 g/mol. The van der Waals surface area contributed by atoms with Crippen molar-refractivity contribution in [2.45, 2.75) is 24.5 Å². The first-order valence-electron chi connectivity index (χ1n) is 5.30. The Morgan fingerprint density at radius 3 is 2.65 bits per heavy atom. The Bertz CT molecular complexity index is 453. The summed E-state index contributed by atoms with van der Waals surface area (Å²) >= 11 is 0. The lowest BCUT2D eigenvalue weighted by molar-refractivity contribution is 0.277. The summed E-state index contributed by atoms with van der Waals surface area (Å²) in [7, 11) is 0.246. The molecule has 1 unspecified atom stereocenters. The highest BCUT2D eigenvalue weighted by atomic mass is 32.2. The third-order valence-electron chi connectivity index (χ3n) is 2.19. The first-order chi connectivity index (χ1) is 7.85. The van der Waals surface area contributed by atoms with Gasteiger partial charge < -0.3 is 15.0 Å². The SMILES string of the molecule is CC(CN(C)C)NS(=O)(=O)c1c[nH]c(CO)c1. The number of aromatic amines is 1. The second kappa shape index (κ2) is 5.63. The molecule has 0 saturated carbocycles. The van der Waals surface area contributed by atoms with Crippen LogP contribution in [-0.2, 0) is 16.6 Å². The van der Waals surface area contributed by atoms with Crippen LogP contribution in [0.2, 0.25) is 0 Å². The zero-order chi connectivity index (χ0) is 13.1. The third kappa shape index (κ3) is 4.12. The molecule has 17 heavy (non-hydrogen) atoms. The van der Waals surface area contributed by atoms with Gasteiger partial charge in [0.05, 0.1) is 11.5 Å². The Hall–Kier alpha value is -0.890. The molecule has 0 aromatic carbocycles. The van der Waals surface area contributed by atoms with Crippen LogP contribution >= 0.6 is 0 Å². The van der Waals surface area contributed by atoms with Crippen LogP contribution in [0.25, 0.3) is 0 Å². The monoisotopic (exact) mass is 261 g/mol. The van der Waals surface area contributed by atoms with E-state index in [1.807, 2.05) is 19.0 Å². The minimum absolute atomic E-state index is 0.146. The summed E-state index contributed by atoms with van der Waals surface area (Å²) in [6.45, 7) is 2.22. The zero-order valence-corrected chi connectivity index (χ0v) is 11.1. The molecule has 0 bridgehead atoms. The number of aliphatic hydroxyl groups excluding tert-OH is 1. The van der Waals surface area contributed by atoms with Crippen molar-refractivity contribution < 1.29 is 13.5 Å². The van der Waals surface area contributed by atoms with Crippen molar-refractivity contribution in [3.05, 3.63) is 18.0 Å². The van der Waals surface area contributed by atoms with Gasteiger partial charge in [-0.1, -0.05) is 0 Å². The van der Waals surface area contributed by atoms with Crippen molar-refractivity contribution in [1.29, 1.82) is 0 Å². The van der Waals surface area contributed by atoms with Gasteiger partial charge in [-0.05, 0) is 27.1 Å². The number of hydrogen-bond acceptors (Lipinski definition) is 4. The molecule has 98 valence electrons. The molecule has 1 atom stereocenters. The zero-order valence-electron chi connectivity index (χ0n) is 10.3. The first kappa shape index (κ1) is 14.2. The fourth-order valence-corrected chi connectivity index (χ4v) is 2.84. The van der Waals surface area contributed by atoms with Gasteiger partial charge in [0.15, 0.2) is 0 Å². The number of aliphatic hydroxyl groups is 1. The molecule has 3 N–H and O–H groups in total. The average Bonchev–Trinajstić information content (AvgIpc) is 2.63. The van der Waals surface area contributed by atoms with E-state index in [1.165, 1.54) is 12.3 Å². The smallest absolute Gasteiger partial charge is 0.242 e. The number of sulfonamides is 1. The van der Waals surface area contributed by atoms with Gasteiger partial charge in [-0.25, -0.2) is 13.1 Å². The summed E-state index contributed by atoms with van der Waals surface area (Å²) in [5.41, 5.74) is 0.477. The van der Waals surface area contributed by atoms with Crippen LogP contribution in [0.5, 0.6) is 0 Å². The molecule has 1 heterocycles. The summed E-state index contributed by atoms with van der Waals surface area (Å²) in [4.78, 5) is 4.75. The molecule has 0 aliphatic heterocycles. The van der Waals surface area contributed by atoms with E-state index in [1.54, 1.807) is 6.92 Å². The van der Waals surface area contributed by atoms with Crippen LogP contribution in [0.3, 0.4) is 0 Å². The Morgan fingerprint density at radius 2 is 2.18 bits per heavy atom. The van der Waals surface area contributed by atoms with Crippen LogP contribution in [0.4, 0.5) is 0 Å². The highest BCUT2D eigenvalue weighted by Crippen LogP contribution is 2.11. The highest BCUT2D eigenvalue weighted by molar-refractivity contribution is 7.89. The highest BCUT2D eigenvalue weighted by Gasteiger charge is 2.18. The largest absolute Gasteiger partial charge is 0.390 e. The van der Waals surface area contributed by atoms with Gasteiger partial charge in [-0.2, -0.15) is 0 Å². The van der Waals surface area contributed by atoms with Crippen molar-refractivity contribution in [2.75, 3.05) is 20.6 Å². The standard InChI is InChI=1S/C10H19N3O3S/c1-8(6-13(2)3)12-17(15,16)10-4-9(7-14)11-5-10/h4-5,8,11-12,14H,6-7H2,1-3H3. The topological polar surface area (TPSA) is 85.4 Å². The van der Waals surface area contributed by atoms with Crippen molar-refractivity contribution in [2.24, 2.45) is 0 Å². The fraction of sp³-hybridized carbons (Fsp3) is 0.600. The van der Waals surface area contributed by atoms with Gasteiger partial charge >= 0.3 is 0 Å². The van der Waals surface area contributed by atoms with E-state index < -0.39 is 10.0 Å². The maximum Gasteiger partial charge on any atom is 0.242 e. The first-order valence-corrected chi connectivity index (χ1v) is 6.78. The van der Waals surface area contributed by atoms with E-state index in [-0.39, 0.29) is 17.5 Å². The van der Waals surface area contributed by atoms with Gasteiger partial charge in [0.25, 0.3) is 0 Å². The van der Waals surface area contributed by atoms with E-state index >= 15 is 0 Å². The minimum Gasteiger partial charge on any atom is -0.390 e. The normalized spacial score (nSPS) is 14.2. The van der Waals surface area contributed by atoms with Gasteiger partial charge in [0, 0.05) is 24.5 Å². The van der Waals surface area contributed by atoms with Crippen molar-refractivity contribution in [3.63, 3.8) is 0 Å². The van der Waals surface area contributed by atoms with Crippen LogP contribution in [-0.4, -0.2) is 50.1 Å². The summed E-state index contributed by atoms with van der Waals surface area (Å²) in [6, 6.07) is 1.24. The predicted octanol–water partition coefficient (Wildman–Crippen LogP) is -0.265. The molecule has 0 spiro atoms. The number of nitrogens with zero attached hydrogens (tertiary/aromatic N) is 1. The quantitative estimate of drug-likeness (QED) is 0.658. The van der Waals surface area contributed by atoms with Crippen LogP contribution in [0, 0.1) is 0 Å². The van der Waals surface area contributed by atoms with Gasteiger partial charge in [-0.3, -0.25) is 0 Å². The number of aromatic nitrogens is 1. The number of H-pyrrole nitrogens is 1. The minimum atomic E-state index is -3.51. The Morgan fingerprint density at radius 1 is 1.53 bits per heavy atom. The lowest BCUT2D eigenvalue weighted by Gasteiger charge is -2.17. The molecule has 1 aromatic rings. The summed E-state index contributed by atoms with van der Waals surface area (Å²) in [6.07, 6.45) is 1.37. The Labute approximate surface area is 102 Å². The van der Waals surface area contributed by atoms with E-state index in [4.69, 9.17) is 5.11 Å². The number of likely N-dealkylation sites (N-methyl/N-ethyl adjacent to an activating group) is 1. The van der Waals surface area contributed by atoms with Gasteiger partial charge in [0.1, 0.15) is 0 Å². The third-order valence-corrected chi connectivity index (χ3v) is 3.76. The summed E-state index contributed by atoms with van der Waals surface area (Å²) in [5, 5.41) is 8.86. The maximum absolute atomic E-state index is 11.9. The molecule has 0 fully saturated rings. The fourth-order valence-electron chi connectivity index (χ4n) is 1.58. The molecular formula is C10H19N3O3S. The molecule has 7 heteroatoms. The molecule has 0 aliphatic rings. The van der Waals surface area contributed by atoms with Crippen molar-refractivity contribution >= 4 is 10.0 Å². The van der Waals surface area contributed by atoms with Crippen LogP contribution in [0.1, 0.15) is 12.6 Å². The Kier molecular flexibility index (Phi) is 4.70. The lowest BCUT2D eigenvalue weighted by Crippen LogP contribution is -2.39. The maximum atomic E-state index is 11.9. The summed E-state index contributed by atoms with van der Waals surface area (Å²) < 4.78 is 26.4. The number of rotatable bonds is 6. The molecule has 0 aliphatic carbocycles. The second-order valence-electron chi connectivity index (χ2n) is 4.30. The van der Waals surface area contributed by atoms with Crippen molar-refractivity contribution in [3.8, 4) is 0 Å². The Balaban J connectivity index is 2.74.